The van der Waals surface area contributed by atoms with Crippen molar-refractivity contribution in [2.45, 2.75) is 39.7 Å². The second-order valence-corrected chi connectivity index (χ2v) is 8.81. The van der Waals surface area contributed by atoms with Gasteiger partial charge in [0.15, 0.2) is 0 Å². The third-order valence-electron chi connectivity index (χ3n) is 6.24. The summed E-state index contributed by atoms with van der Waals surface area (Å²) >= 11 is 0. The number of anilines is 1. The number of pyridine rings is 1. The average Bonchev–Trinajstić information content (AvgIpc) is 2.88. The largest absolute Gasteiger partial charge is 0.323 e. The first-order valence-corrected chi connectivity index (χ1v) is 12.1. The Labute approximate surface area is 206 Å². The number of nitrogens with zero attached hydrogens (tertiary/aromatic N) is 2. The van der Waals surface area contributed by atoms with Gasteiger partial charge in [-0.2, -0.15) is 0 Å². The third kappa shape index (κ3) is 5.40. The molecular weight excluding hydrogens is 434 g/mol. The fraction of sp³-hybridized carbons (Fsp3) is 0.233. The molecule has 1 N–H and O–H groups in total. The van der Waals surface area contributed by atoms with Crippen molar-refractivity contribution < 1.29 is 9.59 Å². The fourth-order valence-corrected chi connectivity index (χ4v) is 4.32. The zero-order valence-electron chi connectivity index (χ0n) is 20.5. The van der Waals surface area contributed by atoms with E-state index < -0.39 is 6.04 Å². The molecule has 4 aromatic rings. The van der Waals surface area contributed by atoms with E-state index in [1.165, 1.54) is 0 Å². The highest BCUT2D eigenvalue weighted by Gasteiger charge is 2.32. The van der Waals surface area contributed by atoms with E-state index in [2.05, 4.69) is 17.2 Å². The minimum absolute atomic E-state index is 0.237. The summed E-state index contributed by atoms with van der Waals surface area (Å²) in [5.41, 5.74) is 4.60. The highest BCUT2D eigenvalue weighted by Crippen LogP contribution is 2.28. The molecule has 35 heavy (non-hydrogen) atoms. The molecule has 0 bridgehead atoms. The van der Waals surface area contributed by atoms with Gasteiger partial charge in [0.05, 0.1) is 5.52 Å². The molecule has 0 radical (unpaired) electrons. The molecule has 0 aliphatic carbocycles. The Kier molecular flexibility index (Phi) is 7.56. The molecule has 178 valence electrons. The Morgan fingerprint density at radius 3 is 2.26 bits per heavy atom. The fourth-order valence-electron chi connectivity index (χ4n) is 4.32. The summed E-state index contributed by atoms with van der Waals surface area (Å²) in [5.74, 6) is -0.492. The van der Waals surface area contributed by atoms with Crippen LogP contribution in [0.15, 0.2) is 84.9 Å². The number of carbonyl (C=O) groups excluding carboxylic acids is 2. The molecule has 3 aromatic carbocycles. The van der Waals surface area contributed by atoms with Gasteiger partial charge in [-0.05, 0) is 49.1 Å². The number of aryl methyl sites for hydroxylation is 2. The number of carbonyl (C=O) groups is 2. The monoisotopic (exact) mass is 465 g/mol. The van der Waals surface area contributed by atoms with Crippen LogP contribution < -0.4 is 5.32 Å². The van der Waals surface area contributed by atoms with Crippen LogP contribution in [0.3, 0.4) is 0 Å². The lowest BCUT2D eigenvalue weighted by Gasteiger charge is -2.31. The molecular formula is C30H31N3O2. The summed E-state index contributed by atoms with van der Waals surface area (Å²) in [4.78, 5) is 34.0. The maximum atomic E-state index is 13.9. The van der Waals surface area contributed by atoms with E-state index in [0.717, 1.165) is 46.1 Å². The number of hydrogen-bond acceptors (Lipinski definition) is 3. The van der Waals surface area contributed by atoms with Gasteiger partial charge in [0, 0.05) is 17.6 Å². The van der Waals surface area contributed by atoms with Gasteiger partial charge in [-0.3, -0.25) is 9.59 Å². The maximum absolute atomic E-state index is 13.9. The number of benzene rings is 3. The first-order chi connectivity index (χ1) is 17.0. The van der Waals surface area contributed by atoms with E-state index in [4.69, 9.17) is 0 Å². The summed E-state index contributed by atoms with van der Waals surface area (Å²) < 4.78 is 0. The smallest absolute Gasteiger partial charge is 0.273 e. The van der Waals surface area contributed by atoms with Crippen LogP contribution in [0, 0.1) is 13.8 Å². The lowest BCUT2D eigenvalue weighted by molar-refractivity contribution is -0.120. The van der Waals surface area contributed by atoms with Crippen molar-refractivity contribution in [1.82, 2.24) is 9.88 Å². The molecule has 4 rings (SSSR count). The quantitative estimate of drug-likeness (QED) is 0.324. The summed E-state index contributed by atoms with van der Waals surface area (Å²) in [7, 11) is 0. The zero-order chi connectivity index (χ0) is 24.8. The van der Waals surface area contributed by atoms with Crippen LogP contribution in [0.1, 0.15) is 53.0 Å². The number of amides is 2. The topological polar surface area (TPSA) is 62.3 Å². The molecule has 0 aliphatic rings. The summed E-state index contributed by atoms with van der Waals surface area (Å²) in [6.45, 7) is 6.47. The number of unbranched alkanes of at least 4 members (excludes halogenated alkanes) is 1. The number of nitrogens with one attached hydrogen (secondary N) is 1. The molecule has 0 aliphatic heterocycles. The predicted molar refractivity (Wildman–Crippen MR) is 141 cm³/mol. The van der Waals surface area contributed by atoms with Crippen LogP contribution in [0.2, 0.25) is 0 Å². The number of para-hydroxylation sites is 2. The van der Waals surface area contributed by atoms with Gasteiger partial charge in [0.2, 0.25) is 0 Å². The zero-order valence-corrected chi connectivity index (χ0v) is 20.5. The SMILES string of the molecule is CCCCN(C(=O)c1ccc2ccccc2n1)C(C(=O)Nc1c(C)cccc1C)c1ccccc1. The summed E-state index contributed by atoms with van der Waals surface area (Å²) in [5, 5.41) is 4.09. The minimum atomic E-state index is -0.789. The van der Waals surface area contributed by atoms with Gasteiger partial charge in [-0.15, -0.1) is 0 Å². The van der Waals surface area contributed by atoms with Gasteiger partial charge in [0.1, 0.15) is 11.7 Å². The van der Waals surface area contributed by atoms with Crippen molar-refractivity contribution >= 4 is 28.4 Å². The first kappa shape index (κ1) is 24.1. The van der Waals surface area contributed by atoms with Crippen molar-refractivity contribution in [3.63, 3.8) is 0 Å². The number of aromatic nitrogens is 1. The van der Waals surface area contributed by atoms with Gasteiger partial charge in [-0.1, -0.05) is 86.1 Å². The van der Waals surface area contributed by atoms with Crippen LogP contribution in [-0.4, -0.2) is 28.2 Å². The Bertz CT molecular complexity index is 1310. The number of hydrogen-bond donors (Lipinski definition) is 1. The Morgan fingerprint density at radius 2 is 1.54 bits per heavy atom. The van der Waals surface area contributed by atoms with E-state index in [-0.39, 0.29) is 11.8 Å². The Hall–Kier alpha value is -3.99. The summed E-state index contributed by atoms with van der Waals surface area (Å²) in [6, 6.07) is 26.0. The van der Waals surface area contributed by atoms with Crippen LogP contribution in [-0.2, 0) is 4.79 Å². The number of fused-ring (bicyclic) bond motifs is 1. The van der Waals surface area contributed by atoms with Gasteiger partial charge < -0.3 is 10.2 Å². The van der Waals surface area contributed by atoms with Gasteiger partial charge in [-0.25, -0.2) is 4.98 Å². The lowest BCUT2D eigenvalue weighted by atomic mass is 10.0. The van der Waals surface area contributed by atoms with Crippen LogP contribution >= 0.6 is 0 Å². The molecule has 1 atom stereocenters. The van der Waals surface area contributed by atoms with Gasteiger partial charge in [0.25, 0.3) is 11.8 Å². The van der Waals surface area contributed by atoms with E-state index in [0.29, 0.717) is 12.2 Å². The first-order valence-electron chi connectivity index (χ1n) is 12.1. The Balaban J connectivity index is 1.76. The van der Waals surface area contributed by atoms with Crippen LogP contribution in [0.4, 0.5) is 5.69 Å². The van der Waals surface area contributed by atoms with Crippen molar-refractivity contribution in [3.8, 4) is 0 Å². The molecule has 0 saturated carbocycles. The normalized spacial score (nSPS) is 11.7. The standard InChI is InChI=1S/C30H31N3O2/c1-4-5-20-33(30(35)26-19-18-23-14-9-10-17-25(23)31-26)28(24-15-7-6-8-16-24)29(34)32-27-21(2)12-11-13-22(27)3/h6-19,28H,4-5,20H2,1-3H3,(H,32,34). The van der Waals surface area contributed by atoms with Crippen LogP contribution in [0.25, 0.3) is 10.9 Å². The molecule has 0 fully saturated rings. The molecule has 1 heterocycles. The van der Waals surface area contributed by atoms with E-state index in [1.807, 2.05) is 92.7 Å². The summed E-state index contributed by atoms with van der Waals surface area (Å²) in [6.07, 6.45) is 1.67. The Morgan fingerprint density at radius 1 is 0.857 bits per heavy atom. The highest BCUT2D eigenvalue weighted by atomic mass is 16.2. The van der Waals surface area contributed by atoms with E-state index in [9.17, 15) is 9.59 Å². The number of rotatable bonds is 8. The minimum Gasteiger partial charge on any atom is -0.323 e. The van der Waals surface area contributed by atoms with Gasteiger partial charge >= 0.3 is 0 Å². The van der Waals surface area contributed by atoms with E-state index in [1.54, 1.807) is 11.0 Å². The van der Waals surface area contributed by atoms with Crippen molar-refractivity contribution in [2.24, 2.45) is 0 Å². The molecule has 5 nitrogen and oxygen atoms in total. The second kappa shape index (κ2) is 11.0. The molecule has 1 aromatic heterocycles. The second-order valence-electron chi connectivity index (χ2n) is 8.81. The highest BCUT2D eigenvalue weighted by molar-refractivity contribution is 6.02. The predicted octanol–water partition coefficient (Wildman–Crippen LogP) is 6.47. The third-order valence-corrected chi connectivity index (χ3v) is 6.24. The maximum Gasteiger partial charge on any atom is 0.273 e. The molecule has 0 saturated heterocycles. The van der Waals surface area contributed by atoms with E-state index >= 15 is 0 Å². The molecule has 0 spiro atoms. The molecule has 1 unspecified atom stereocenters. The molecule has 2 amide bonds. The van der Waals surface area contributed by atoms with Crippen LogP contribution in [0.5, 0.6) is 0 Å². The average molecular weight is 466 g/mol. The van der Waals surface area contributed by atoms with Crippen molar-refractivity contribution in [2.75, 3.05) is 11.9 Å². The lowest BCUT2D eigenvalue weighted by Crippen LogP contribution is -2.42. The van der Waals surface area contributed by atoms with Crippen molar-refractivity contribution in [3.05, 3.63) is 107 Å². The van der Waals surface area contributed by atoms with Crippen molar-refractivity contribution in [1.29, 1.82) is 0 Å². The molecule has 5 heteroatoms.